The minimum Gasteiger partial charge on any atom is -0.345 e. The van der Waals surface area contributed by atoms with Crippen LogP contribution in [0, 0.1) is 0 Å². The van der Waals surface area contributed by atoms with Crippen molar-refractivity contribution in [1.82, 2.24) is 5.32 Å². The Morgan fingerprint density at radius 2 is 1.75 bits per heavy atom. The van der Waals surface area contributed by atoms with Gasteiger partial charge in [0, 0.05) is 11.4 Å². The third kappa shape index (κ3) is 3.35. The molecule has 0 radical (unpaired) electrons. The lowest BCUT2D eigenvalue weighted by molar-refractivity contribution is 0.0909. The van der Waals surface area contributed by atoms with Crippen LogP contribution in [0.1, 0.15) is 62.4 Å². The fourth-order valence-corrected chi connectivity index (χ4v) is 3.11. The van der Waals surface area contributed by atoms with Gasteiger partial charge >= 0.3 is 0 Å². The van der Waals surface area contributed by atoms with E-state index in [1.54, 1.807) is 0 Å². The molecule has 1 aromatic carbocycles. The number of nitrogens with one attached hydrogen (secondary N) is 1. The molecular weight excluding hydrogens is 270 g/mol. The van der Waals surface area contributed by atoms with Gasteiger partial charge in [-0.2, -0.15) is 0 Å². The Hall–Kier alpha value is -1.02. The third-order valence-electron chi connectivity index (χ3n) is 4.21. The van der Waals surface area contributed by atoms with Crippen molar-refractivity contribution in [2.75, 3.05) is 5.88 Å². The van der Waals surface area contributed by atoms with Crippen molar-refractivity contribution in [2.24, 2.45) is 0 Å². The Bertz CT molecular complexity index is 467. The van der Waals surface area contributed by atoms with E-state index in [0.29, 0.717) is 5.88 Å². The van der Waals surface area contributed by atoms with Gasteiger partial charge in [0.25, 0.3) is 5.91 Å². The van der Waals surface area contributed by atoms with E-state index in [-0.39, 0.29) is 16.9 Å². The number of hydrogen-bond acceptors (Lipinski definition) is 1. The molecule has 0 atom stereocenters. The summed E-state index contributed by atoms with van der Waals surface area (Å²) in [6.07, 6.45) is 4.27. The van der Waals surface area contributed by atoms with Gasteiger partial charge in [-0.15, -0.1) is 11.6 Å². The lowest BCUT2D eigenvalue weighted by atomic mass is 9.86. The van der Waals surface area contributed by atoms with E-state index in [9.17, 15) is 4.79 Å². The van der Waals surface area contributed by atoms with Gasteiger partial charge < -0.3 is 5.32 Å². The number of alkyl halides is 1. The maximum absolute atomic E-state index is 12.4. The molecule has 0 spiro atoms. The molecule has 1 aromatic rings. The van der Waals surface area contributed by atoms with Gasteiger partial charge in [0.2, 0.25) is 0 Å². The largest absolute Gasteiger partial charge is 0.345 e. The van der Waals surface area contributed by atoms with Crippen LogP contribution in [0.25, 0.3) is 0 Å². The lowest BCUT2D eigenvalue weighted by Gasteiger charge is -2.28. The van der Waals surface area contributed by atoms with Crippen molar-refractivity contribution in [3.8, 4) is 0 Å². The topological polar surface area (TPSA) is 29.1 Å². The van der Waals surface area contributed by atoms with Crippen molar-refractivity contribution in [3.63, 3.8) is 0 Å². The van der Waals surface area contributed by atoms with E-state index in [1.165, 1.54) is 5.56 Å². The molecule has 1 N–H and O–H groups in total. The summed E-state index contributed by atoms with van der Waals surface area (Å²) < 4.78 is 0. The zero-order valence-corrected chi connectivity index (χ0v) is 13.4. The van der Waals surface area contributed by atoms with Gasteiger partial charge in [0.1, 0.15) is 0 Å². The number of carbonyl (C=O) groups excluding carboxylic acids is 1. The van der Waals surface area contributed by atoms with Gasteiger partial charge in [-0.3, -0.25) is 4.79 Å². The van der Waals surface area contributed by atoms with Crippen LogP contribution < -0.4 is 5.32 Å². The SMILES string of the molecule is CC(C)(C)c1ccc(C(=O)NC2(CCl)CCCC2)cc1. The second kappa shape index (κ2) is 5.77. The van der Waals surface area contributed by atoms with Crippen LogP contribution in [-0.2, 0) is 5.41 Å². The molecule has 0 heterocycles. The quantitative estimate of drug-likeness (QED) is 0.829. The summed E-state index contributed by atoms with van der Waals surface area (Å²) in [6.45, 7) is 6.51. The van der Waals surface area contributed by atoms with Gasteiger partial charge in [-0.25, -0.2) is 0 Å². The first-order chi connectivity index (χ1) is 9.36. The molecule has 1 aliphatic carbocycles. The second-order valence-electron chi connectivity index (χ2n) is 6.90. The molecule has 2 rings (SSSR count). The van der Waals surface area contributed by atoms with Crippen molar-refractivity contribution < 1.29 is 4.79 Å². The summed E-state index contributed by atoms with van der Waals surface area (Å²) in [5.41, 5.74) is 1.87. The molecule has 0 unspecified atom stereocenters. The van der Waals surface area contributed by atoms with Crippen LogP contribution in [0.3, 0.4) is 0 Å². The summed E-state index contributed by atoms with van der Waals surface area (Å²) in [7, 11) is 0. The van der Waals surface area contributed by atoms with Gasteiger partial charge in [0.05, 0.1) is 5.54 Å². The first kappa shape index (κ1) is 15.4. The molecular formula is C17H24ClNO. The molecule has 0 aliphatic heterocycles. The zero-order valence-electron chi connectivity index (χ0n) is 12.6. The molecule has 0 bridgehead atoms. The summed E-state index contributed by atoms with van der Waals surface area (Å²) >= 11 is 6.07. The number of amides is 1. The molecule has 2 nitrogen and oxygen atoms in total. The minimum absolute atomic E-state index is 0.00647. The Balaban J connectivity index is 2.10. The van der Waals surface area contributed by atoms with E-state index in [1.807, 2.05) is 24.3 Å². The predicted octanol–water partition coefficient (Wildman–Crippen LogP) is 4.27. The predicted molar refractivity (Wildman–Crippen MR) is 84.5 cm³/mol. The fourth-order valence-electron chi connectivity index (χ4n) is 2.78. The van der Waals surface area contributed by atoms with Gasteiger partial charge in [0.15, 0.2) is 0 Å². The van der Waals surface area contributed by atoms with Crippen LogP contribution in [0.4, 0.5) is 0 Å². The van der Waals surface area contributed by atoms with E-state index >= 15 is 0 Å². The van der Waals surface area contributed by atoms with Crippen LogP contribution in [-0.4, -0.2) is 17.3 Å². The highest BCUT2D eigenvalue weighted by molar-refractivity contribution is 6.19. The summed E-state index contributed by atoms with van der Waals surface area (Å²) in [6, 6.07) is 7.90. The highest BCUT2D eigenvalue weighted by atomic mass is 35.5. The number of halogens is 1. The molecule has 0 saturated heterocycles. The summed E-state index contributed by atoms with van der Waals surface area (Å²) in [5, 5.41) is 3.15. The standard InChI is InChI=1S/C17H24ClNO/c1-16(2,3)14-8-6-13(7-9-14)15(20)19-17(12-18)10-4-5-11-17/h6-9H,4-5,10-12H2,1-3H3,(H,19,20). The smallest absolute Gasteiger partial charge is 0.251 e. The first-order valence-corrected chi connectivity index (χ1v) is 7.89. The maximum atomic E-state index is 12.4. The Labute approximate surface area is 126 Å². The van der Waals surface area contributed by atoms with Crippen molar-refractivity contribution in [1.29, 1.82) is 0 Å². The minimum atomic E-state index is -0.193. The zero-order chi connectivity index (χ0) is 14.8. The molecule has 3 heteroatoms. The van der Waals surface area contributed by atoms with Crippen LogP contribution in [0.2, 0.25) is 0 Å². The Morgan fingerprint density at radius 3 is 2.20 bits per heavy atom. The highest BCUT2D eigenvalue weighted by Gasteiger charge is 2.34. The average molecular weight is 294 g/mol. The van der Waals surface area contributed by atoms with E-state index < -0.39 is 0 Å². The van der Waals surface area contributed by atoms with Crippen LogP contribution in [0.15, 0.2) is 24.3 Å². The third-order valence-corrected chi connectivity index (χ3v) is 4.72. The Morgan fingerprint density at radius 1 is 1.20 bits per heavy atom. The van der Waals surface area contributed by atoms with Crippen LogP contribution >= 0.6 is 11.6 Å². The van der Waals surface area contributed by atoms with Crippen molar-refractivity contribution in [2.45, 2.75) is 57.4 Å². The maximum Gasteiger partial charge on any atom is 0.251 e. The highest BCUT2D eigenvalue weighted by Crippen LogP contribution is 2.31. The molecule has 20 heavy (non-hydrogen) atoms. The summed E-state index contributed by atoms with van der Waals surface area (Å²) in [4.78, 5) is 12.4. The van der Waals surface area contributed by atoms with Gasteiger partial charge in [-0.1, -0.05) is 45.7 Å². The first-order valence-electron chi connectivity index (χ1n) is 7.35. The monoisotopic (exact) mass is 293 g/mol. The lowest BCUT2D eigenvalue weighted by Crippen LogP contribution is -2.47. The van der Waals surface area contributed by atoms with Crippen LogP contribution in [0.5, 0.6) is 0 Å². The normalized spacial score (nSPS) is 18.0. The van der Waals surface area contributed by atoms with Crippen molar-refractivity contribution >= 4 is 17.5 Å². The molecule has 1 amide bonds. The number of benzene rings is 1. The van der Waals surface area contributed by atoms with E-state index in [4.69, 9.17) is 11.6 Å². The molecule has 1 fully saturated rings. The van der Waals surface area contributed by atoms with E-state index in [2.05, 4.69) is 26.1 Å². The van der Waals surface area contributed by atoms with Gasteiger partial charge in [-0.05, 0) is 36.0 Å². The molecule has 1 aliphatic rings. The average Bonchev–Trinajstić information content (AvgIpc) is 2.87. The van der Waals surface area contributed by atoms with E-state index in [0.717, 1.165) is 31.2 Å². The number of carbonyl (C=O) groups is 1. The molecule has 110 valence electrons. The second-order valence-corrected chi connectivity index (χ2v) is 7.17. The van der Waals surface area contributed by atoms with Crippen molar-refractivity contribution in [3.05, 3.63) is 35.4 Å². The fraction of sp³-hybridized carbons (Fsp3) is 0.588. The summed E-state index contributed by atoms with van der Waals surface area (Å²) in [5.74, 6) is 0.492. The number of hydrogen-bond donors (Lipinski definition) is 1. The number of rotatable bonds is 3. The molecule has 0 aromatic heterocycles. The Kier molecular flexibility index (Phi) is 4.43. The molecule has 1 saturated carbocycles.